The molecule has 144 valence electrons. The fraction of sp³-hybridized carbons (Fsp3) is 0.261. The number of aromatic nitrogens is 1. The standard InChI is InChI=1S/C23H21F2NO2/c1-2-28-23(16-7-4-3-5-8-16)12-6-9-21-17(23)10-11-20(26-21)15-13-18(24)22(27)19(25)14-15/h3-5,7-8,10-11,13-14,27H,2,6,9,12H2,1H3. The van der Waals surface area contributed by atoms with Crippen molar-refractivity contribution in [1.82, 2.24) is 4.98 Å². The van der Waals surface area contributed by atoms with E-state index in [1.54, 1.807) is 6.07 Å². The van der Waals surface area contributed by atoms with E-state index in [0.717, 1.165) is 48.2 Å². The van der Waals surface area contributed by atoms with Gasteiger partial charge in [-0.15, -0.1) is 0 Å². The van der Waals surface area contributed by atoms with Crippen molar-refractivity contribution in [3.63, 3.8) is 0 Å². The van der Waals surface area contributed by atoms with Crippen molar-refractivity contribution in [3.8, 4) is 17.0 Å². The molecule has 1 aliphatic rings. The average Bonchev–Trinajstić information content (AvgIpc) is 2.72. The van der Waals surface area contributed by atoms with Gasteiger partial charge in [0.05, 0.1) is 5.69 Å². The average molecular weight is 381 g/mol. The maximum atomic E-state index is 13.8. The Morgan fingerprint density at radius 1 is 1.07 bits per heavy atom. The maximum absolute atomic E-state index is 13.8. The smallest absolute Gasteiger partial charge is 0.187 e. The number of halogens is 2. The van der Waals surface area contributed by atoms with Crippen LogP contribution in [-0.2, 0) is 16.8 Å². The van der Waals surface area contributed by atoms with Gasteiger partial charge >= 0.3 is 0 Å². The molecule has 0 saturated carbocycles. The van der Waals surface area contributed by atoms with Crippen LogP contribution in [0.15, 0.2) is 54.6 Å². The van der Waals surface area contributed by atoms with Gasteiger partial charge in [0.1, 0.15) is 5.60 Å². The summed E-state index contributed by atoms with van der Waals surface area (Å²) in [5.41, 5.74) is 3.14. The van der Waals surface area contributed by atoms with E-state index in [4.69, 9.17) is 9.72 Å². The van der Waals surface area contributed by atoms with Crippen LogP contribution >= 0.6 is 0 Å². The Bertz CT molecular complexity index is 984. The zero-order valence-corrected chi connectivity index (χ0v) is 15.6. The minimum atomic E-state index is -0.998. The van der Waals surface area contributed by atoms with Crippen LogP contribution in [0.4, 0.5) is 8.78 Å². The summed E-state index contributed by atoms with van der Waals surface area (Å²) < 4.78 is 33.8. The van der Waals surface area contributed by atoms with E-state index in [1.807, 2.05) is 31.2 Å². The topological polar surface area (TPSA) is 42.4 Å². The summed E-state index contributed by atoms with van der Waals surface area (Å²) in [6, 6.07) is 16.0. The monoisotopic (exact) mass is 381 g/mol. The predicted octanol–water partition coefficient (Wildman–Crippen LogP) is 5.35. The summed E-state index contributed by atoms with van der Waals surface area (Å²) in [6.45, 7) is 2.53. The molecule has 0 radical (unpaired) electrons. The van der Waals surface area contributed by atoms with E-state index in [0.29, 0.717) is 17.9 Å². The first-order chi connectivity index (χ1) is 13.5. The highest BCUT2D eigenvalue weighted by atomic mass is 19.1. The van der Waals surface area contributed by atoms with Crippen LogP contribution in [0.2, 0.25) is 0 Å². The van der Waals surface area contributed by atoms with E-state index in [-0.39, 0.29) is 0 Å². The first kappa shape index (κ1) is 18.6. The molecular weight excluding hydrogens is 360 g/mol. The van der Waals surface area contributed by atoms with Crippen molar-refractivity contribution in [2.45, 2.75) is 31.8 Å². The molecule has 1 atom stereocenters. The normalized spacial score (nSPS) is 18.7. The van der Waals surface area contributed by atoms with E-state index in [1.165, 1.54) is 0 Å². The number of hydrogen-bond donors (Lipinski definition) is 1. The molecule has 3 aromatic rings. The summed E-state index contributed by atoms with van der Waals surface area (Å²) in [6.07, 6.45) is 2.52. The Kier molecular flexibility index (Phi) is 4.85. The third kappa shape index (κ3) is 3.06. The van der Waals surface area contributed by atoms with E-state index in [2.05, 4.69) is 12.1 Å². The zero-order chi connectivity index (χ0) is 19.7. The Morgan fingerprint density at radius 2 is 1.79 bits per heavy atom. The van der Waals surface area contributed by atoms with Gasteiger partial charge in [-0.25, -0.2) is 8.78 Å². The Morgan fingerprint density at radius 3 is 2.46 bits per heavy atom. The molecule has 2 aromatic carbocycles. The second kappa shape index (κ2) is 7.32. The van der Waals surface area contributed by atoms with Crippen molar-refractivity contribution >= 4 is 0 Å². The van der Waals surface area contributed by atoms with Crippen molar-refractivity contribution in [2.75, 3.05) is 6.61 Å². The molecule has 0 bridgehead atoms. The summed E-state index contributed by atoms with van der Waals surface area (Å²) in [7, 11) is 0. The molecule has 3 nitrogen and oxygen atoms in total. The van der Waals surface area contributed by atoms with Gasteiger partial charge in [0.2, 0.25) is 0 Å². The third-order valence-electron chi connectivity index (χ3n) is 5.30. The van der Waals surface area contributed by atoms with Gasteiger partial charge in [-0.3, -0.25) is 4.98 Å². The summed E-state index contributed by atoms with van der Waals surface area (Å²) >= 11 is 0. The molecule has 4 rings (SSSR count). The number of phenolic OH excluding ortho intramolecular Hbond substituents is 1. The highest BCUT2D eigenvalue weighted by Crippen LogP contribution is 2.44. The molecular formula is C23H21F2NO2. The number of hydrogen-bond acceptors (Lipinski definition) is 3. The Hall–Kier alpha value is -2.79. The number of nitrogens with zero attached hydrogens (tertiary/aromatic N) is 1. The SMILES string of the molecule is CCOC1(c2ccccc2)CCCc2nc(-c3cc(F)c(O)c(F)c3)ccc21. The summed E-state index contributed by atoms with van der Waals surface area (Å²) in [4.78, 5) is 4.70. The van der Waals surface area contributed by atoms with Crippen LogP contribution in [0.1, 0.15) is 36.6 Å². The number of rotatable bonds is 4. The molecule has 0 spiro atoms. The van der Waals surface area contributed by atoms with E-state index >= 15 is 0 Å². The Balaban J connectivity index is 1.83. The lowest BCUT2D eigenvalue weighted by molar-refractivity contribution is -0.0242. The molecule has 1 N–H and O–H groups in total. The fourth-order valence-electron chi connectivity index (χ4n) is 4.06. The minimum absolute atomic E-state index is 0.294. The molecule has 1 heterocycles. The summed E-state index contributed by atoms with van der Waals surface area (Å²) in [5.74, 6) is -2.97. The number of ether oxygens (including phenoxy) is 1. The third-order valence-corrected chi connectivity index (χ3v) is 5.30. The van der Waals surface area contributed by atoms with Crippen molar-refractivity contribution in [2.24, 2.45) is 0 Å². The summed E-state index contributed by atoms with van der Waals surface area (Å²) in [5, 5.41) is 9.34. The van der Waals surface area contributed by atoms with Gasteiger partial charge in [0.15, 0.2) is 17.4 Å². The molecule has 28 heavy (non-hydrogen) atoms. The number of aryl methyl sites for hydroxylation is 1. The zero-order valence-electron chi connectivity index (χ0n) is 15.6. The second-order valence-corrected chi connectivity index (χ2v) is 6.96. The lowest BCUT2D eigenvalue weighted by atomic mass is 9.76. The van der Waals surface area contributed by atoms with E-state index in [9.17, 15) is 13.9 Å². The van der Waals surface area contributed by atoms with Crippen LogP contribution in [0.25, 0.3) is 11.3 Å². The minimum Gasteiger partial charge on any atom is -0.503 e. The molecule has 5 heteroatoms. The van der Waals surface area contributed by atoms with Crippen LogP contribution in [0, 0.1) is 11.6 Å². The molecule has 1 aromatic heterocycles. The van der Waals surface area contributed by atoms with Gasteiger partial charge in [-0.05, 0) is 49.9 Å². The Labute approximate surface area is 162 Å². The van der Waals surface area contributed by atoms with Gasteiger partial charge < -0.3 is 9.84 Å². The maximum Gasteiger partial charge on any atom is 0.187 e. The quantitative estimate of drug-likeness (QED) is 0.663. The van der Waals surface area contributed by atoms with E-state index < -0.39 is 23.0 Å². The number of pyridine rings is 1. The van der Waals surface area contributed by atoms with Crippen LogP contribution in [0.5, 0.6) is 5.75 Å². The number of fused-ring (bicyclic) bond motifs is 1. The van der Waals surface area contributed by atoms with Crippen molar-refractivity contribution in [1.29, 1.82) is 0 Å². The lowest BCUT2D eigenvalue weighted by Gasteiger charge is -2.39. The van der Waals surface area contributed by atoms with Crippen molar-refractivity contribution < 1.29 is 18.6 Å². The number of benzene rings is 2. The molecule has 1 aliphatic carbocycles. The van der Waals surface area contributed by atoms with Crippen LogP contribution in [0.3, 0.4) is 0 Å². The second-order valence-electron chi connectivity index (χ2n) is 6.96. The van der Waals surface area contributed by atoms with Gasteiger partial charge in [0.25, 0.3) is 0 Å². The fourth-order valence-corrected chi connectivity index (χ4v) is 4.06. The molecule has 0 amide bonds. The number of aromatic hydroxyl groups is 1. The highest BCUT2D eigenvalue weighted by Gasteiger charge is 2.39. The molecule has 0 saturated heterocycles. The predicted molar refractivity (Wildman–Crippen MR) is 103 cm³/mol. The molecule has 0 fully saturated rings. The number of phenols is 1. The molecule has 0 aliphatic heterocycles. The first-order valence-corrected chi connectivity index (χ1v) is 9.43. The van der Waals surface area contributed by atoms with Gasteiger partial charge in [-0.1, -0.05) is 36.4 Å². The van der Waals surface area contributed by atoms with Gasteiger partial charge in [0, 0.05) is 23.4 Å². The first-order valence-electron chi connectivity index (χ1n) is 9.43. The van der Waals surface area contributed by atoms with Crippen LogP contribution < -0.4 is 0 Å². The van der Waals surface area contributed by atoms with Crippen molar-refractivity contribution in [3.05, 3.63) is 83.1 Å². The highest BCUT2D eigenvalue weighted by molar-refractivity contribution is 5.62. The van der Waals surface area contributed by atoms with Crippen LogP contribution in [-0.4, -0.2) is 16.7 Å². The van der Waals surface area contributed by atoms with Gasteiger partial charge in [-0.2, -0.15) is 0 Å². The molecule has 1 unspecified atom stereocenters. The lowest BCUT2D eigenvalue weighted by Crippen LogP contribution is -2.35. The largest absolute Gasteiger partial charge is 0.503 e.